The summed E-state index contributed by atoms with van der Waals surface area (Å²) in [6.45, 7) is 0.119. The first-order chi connectivity index (χ1) is 12.6. The summed E-state index contributed by atoms with van der Waals surface area (Å²) in [4.78, 5) is 27.8. The van der Waals surface area contributed by atoms with Gasteiger partial charge in [0, 0.05) is 18.3 Å². The molecule has 134 valence electrons. The van der Waals surface area contributed by atoms with Crippen molar-refractivity contribution >= 4 is 34.0 Å². The van der Waals surface area contributed by atoms with Gasteiger partial charge in [0.15, 0.2) is 0 Å². The van der Waals surface area contributed by atoms with Crippen molar-refractivity contribution in [3.8, 4) is 0 Å². The molecule has 0 radical (unpaired) electrons. The summed E-state index contributed by atoms with van der Waals surface area (Å²) in [6, 6.07) is 13.8. The van der Waals surface area contributed by atoms with Crippen LogP contribution >= 0.6 is 11.3 Å². The van der Waals surface area contributed by atoms with Crippen LogP contribution in [0.15, 0.2) is 53.4 Å². The van der Waals surface area contributed by atoms with Crippen molar-refractivity contribution in [1.29, 1.82) is 0 Å². The first-order valence-electron chi connectivity index (χ1n) is 8.46. The lowest BCUT2D eigenvalue weighted by atomic mass is 9.94. The molecule has 3 rings (SSSR count). The van der Waals surface area contributed by atoms with Gasteiger partial charge in [-0.2, -0.15) is 0 Å². The number of carboxylic acids is 1. The summed E-state index contributed by atoms with van der Waals surface area (Å²) in [6.07, 6.45) is 1.25. The maximum atomic E-state index is 12.0. The lowest BCUT2D eigenvalue weighted by molar-refractivity contribution is -0.141. The maximum absolute atomic E-state index is 12.0. The molecule has 2 aromatic carbocycles. The number of hydrogen-bond acceptors (Lipinski definition) is 4. The lowest BCUT2D eigenvalue weighted by Gasteiger charge is -2.15. The maximum Gasteiger partial charge on any atom is 0.308 e. The van der Waals surface area contributed by atoms with Crippen molar-refractivity contribution < 1.29 is 14.7 Å². The number of aryl methyl sites for hydroxylation is 1. The minimum atomic E-state index is -0.905. The number of aromatic nitrogens is 1. The number of nitrogens with one attached hydrogen (secondary N) is 1. The van der Waals surface area contributed by atoms with E-state index < -0.39 is 11.9 Å². The summed E-state index contributed by atoms with van der Waals surface area (Å²) in [5.74, 6) is -1.72. The second-order valence-corrected chi connectivity index (χ2v) is 6.88. The van der Waals surface area contributed by atoms with Crippen molar-refractivity contribution in [1.82, 2.24) is 10.3 Å². The Kier molecular flexibility index (Phi) is 5.96. The molecule has 1 atom stereocenters. The number of carbonyl (C=O) groups excluding carboxylic acids is 1. The highest BCUT2D eigenvalue weighted by Gasteiger charge is 2.20. The van der Waals surface area contributed by atoms with Crippen LogP contribution in [0.25, 0.3) is 10.8 Å². The van der Waals surface area contributed by atoms with E-state index in [0.29, 0.717) is 19.3 Å². The topological polar surface area (TPSA) is 79.3 Å². The largest absolute Gasteiger partial charge is 0.481 e. The third kappa shape index (κ3) is 4.67. The Labute approximate surface area is 155 Å². The molecule has 2 N–H and O–H groups in total. The minimum absolute atomic E-state index is 0.119. The van der Waals surface area contributed by atoms with E-state index in [9.17, 15) is 14.7 Å². The fourth-order valence-electron chi connectivity index (χ4n) is 2.91. The van der Waals surface area contributed by atoms with Crippen LogP contribution in [-0.4, -0.2) is 28.5 Å². The Bertz CT molecular complexity index is 888. The quantitative estimate of drug-likeness (QED) is 0.639. The van der Waals surface area contributed by atoms with E-state index >= 15 is 0 Å². The normalized spacial score (nSPS) is 12.0. The number of fused-ring (bicyclic) bond motifs is 1. The van der Waals surface area contributed by atoms with Gasteiger partial charge in [0.05, 0.1) is 17.1 Å². The summed E-state index contributed by atoms with van der Waals surface area (Å²) in [5.41, 5.74) is 3.60. The third-order valence-electron chi connectivity index (χ3n) is 4.33. The van der Waals surface area contributed by atoms with Gasteiger partial charge >= 0.3 is 5.97 Å². The van der Waals surface area contributed by atoms with Crippen LogP contribution in [-0.2, 0) is 22.4 Å². The van der Waals surface area contributed by atoms with Gasteiger partial charge in [0.1, 0.15) is 0 Å². The monoisotopic (exact) mass is 368 g/mol. The van der Waals surface area contributed by atoms with Crippen LogP contribution in [0.1, 0.15) is 17.7 Å². The van der Waals surface area contributed by atoms with Gasteiger partial charge < -0.3 is 10.4 Å². The fraction of sp³-hybridized carbons (Fsp3) is 0.250. The van der Waals surface area contributed by atoms with E-state index in [2.05, 4.69) is 10.3 Å². The Morgan fingerprint density at radius 2 is 1.96 bits per heavy atom. The predicted molar refractivity (Wildman–Crippen MR) is 102 cm³/mol. The molecule has 0 saturated carbocycles. The second-order valence-electron chi connectivity index (χ2n) is 6.16. The number of aliphatic carboxylic acids is 1. The zero-order chi connectivity index (χ0) is 18.4. The average molecular weight is 368 g/mol. The number of carbonyl (C=O) groups is 2. The molecule has 3 aromatic rings. The highest BCUT2D eigenvalue weighted by molar-refractivity contribution is 7.07. The van der Waals surface area contributed by atoms with Crippen LogP contribution in [0.2, 0.25) is 0 Å². The lowest BCUT2D eigenvalue weighted by Crippen LogP contribution is -2.34. The van der Waals surface area contributed by atoms with Gasteiger partial charge in [-0.25, -0.2) is 4.98 Å². The third-order valence-corrected chi connectivity index (χ3v) is 4.97. The van der Waals surface area contributed by atoms with E-state index in [-0.39, 0.29) is 12.5 Å². The Balaban J connectivity index is 1.60. The minimum Gasteiger partial charge on any atom is -0.481 e. The molecule has 0 aliphatic carbocycles. The van der Waals surface area contributed by atoms with E-state index in [0.717, 1.165) is 22.0 Å². The van der Waals surface area contributed by atoms with Crippen molar-refractivity contribution in [2.24, 2.45) is 5.92 Å². The number of benzene rings is 2. The van der Waals surface area contributed by atoms with Crippen LogP contribution in [0.5, 0.6) is 0 Å². The second kappa shape index (κ2) is 8.58. The molecule has 1 aromatic heterocycles. The Morgan fingerprint density at radius 3 is 2.73 bits per heavy atom. The SMILES string of the molecule is O=C(CCc1cscn1)NCC(Cc1cccc2ccccc12)C(=O)O. The number of nitrogens with zero attached hydrogens (tertiary/aromatic N) is 1. The van der Waals surface area contributed by atoms with Crippen LogP contribution in [0, 0.1) is 5.92 Å². The fourth-order valence-corrected chi connectivity index (χ4v) is 3.50. The highest BCUT2D eigenvalue weighted by Crippen LogP contribution is 2.21. The van der Waals surface area contributed by atoms with Gasteiger partial charge in [-0.3, -0.25) is 9.59 Å². The van der Waals surface area contributed by atoms with E-state index in [1.54, 1.807) is 5.51 Å². The van der Waals surface area contributed by atoms with Crippen molar-refractivity contribution in [3.63, 3.8) is 0 Å². The van der Waals surface area contributed by atoms with Gasteiger partial charge in [-0.1, -0.05) is 42.5 Å². The molecule has 26 heavy (non-hydrogen) atoms. The molecule has 0 fully saturated rings. The molecular formula is C20H20N2O3S. The van der Waals surface area contributed by atoms with Gasteiger partial charge in [-0.05, 0) is 29.2 Å². The molecule has 0 spiro atoms. The molecule has 0 bridgehead atoms. The molecule has 5 nitrogen and oxygen atoms in total. The summed E-state index contributed by atoms with van der Waals surface area (Å²) in [5, 5.41) is 16.3. The van der Waals surface area contributed by atoms with Crippen molar-refractivity contribution in [2.75, 3.05) is 6.54 Å². The zero-order valence-corrected chi connectivity index (χ0v) is 15.0. The van der Waals surface area contributed by atoms with E-state index in [1.165, 1.54) is 11.3 Å². The van der Waals surface area contributed by atoms with Crippen LogP contribution < -0.4 is 5.32 Å². The molecule has 1 unspecified atom stereocenters. The molecule has 0 aliphatic heterocycles. The van der Waals surface area contributed by atoms with E-state index in [1.807, 2.05) is 47.8 Å². The highest BCUT2D eigenvalue weighted by atomic mass is 32.1. The zero-order valence-electron chi connectivity index (χ0n) is 14.2. The number of amides is 1. The standard InChI is InChI=1S/C20H20N2O3S/c23-19(9-8-17-12-26-13-22-17)21-11-16(20(24)25)10-15-6-3-5-14-4-1-2-7-18(14)15/h1-7,12-13,16H,8-11H2,(H,21,23)(H,24,25). The first kappa shape index (κ1) is 18.1. The number of hydrogen-bond donors (Lipinski definition) is 2. The van der Waals surface area contributed by atoms with E-state index in [4.69, 9.17) is 0 Å². The smallest absolute Gasteiger partial charge is 0.308 e. The van der Waals surface area contributed by atoms with Crippen LogP contribution in [0.4, 0.5) is 0 Å². The Hall–Kier alpha value is -2.73. The summed E-state index contributed by atoms with van der Waals surface area (Å²) < 4.78 is 0. The number of thiazole rings is 1. The number of carboxylic acid groups (broad SMARTS) is 1. The molecular weight excluding hydrogens is 348 g/mol. The molecule has 6 heteroatoms. The van der Waals surface area contributed by atoms with Crippen molar-refractivity contribution in [2.45, 2.75) is 19.3 Å². The van der Waals surface area contributed by atoms with Gasteiger partial charge in [0.2, 0.25) is 5.91 Å². The first-order valence-corrected chi connectivity index (χ1v) is 9.41. The van der Waals surface area contributed by atoms with Gasteiger partial charge in [0.25, 0.3) is 0 Å². The molecule has 0 saturated heterocycles. The average Bonchev–Trinajstić information content (AvgIpc) is 3.17. The van der Waals surface area contributed by atoms with Crippen LogP contribution in [0.3, 0.4) is 0 Å². The summed E-state index contributed by atoms with van der Waals surface area (Å²) >= 11 is 1.49. The van der Waals surface area contributed by atoms with Crippen molar-refractivity contribution in [3.05, 3.63) is 64.6 Å². The molecule has 0 aliphatic rings. The molecule has 1 heterocycles. The molecule has 1 amide bonds. The Morgan fingerprint density at radius 1 is 1.15 bits per heavy atom. The number of rotatable bonds is 8. The predicted octanol–water partition coefficient (Wildman–Crippen LogP) is 3.29. The summed E-state index contributed by atoms with van der Waals surface area (Å²) in [7, 11) is 0. The van der Waals surface area contributed by atoms with Gasteiger partial charge in [-0.15, -0.1) is 11.3 Å².